The Morgan fingerprint density at radius 2 is 2.22 bits per heavy atom. The van der Waals surface area contributed by atoms with Gasteiger partial charge in [0.2, 0.25) is 0 Å². The molecule has 1 atom stereocenters. The van der Waals surface area contributed by atoms with E-state index in [0.717, 1.165) is 37.5 Å². The fraction of sp³-hybridized carbons (Fsp3) is 0.412. The fourth-order valence-corrected chi connectivity index (χ4v) is 3.58. The third kappa shape index (κ3) is 4.37. The van der Waals surface area contributed by atoms with Crippen LogP contribution in [0.4, 0.5) is 0 Å². The highest BCUT2D eigenvalue weighted by Crippen LogP contribution is 2.15. The van der Waals surface area contributed by atoms with E-state index in [1.807, 2.05) is 6.07 Å². The van der Waals surface area contributed by atoms with Gasteiger partial charge in [-0.15, -0.1) is 11.3 Å². The van der Waals surface area contributed by atoms with Crippen LogP contribution in [0.15, 0.2) is 35.7 Å². The molecular weight excluding hydrogens is 308 g/mol. The van der Waals surface area contributed by atoms with Gasteiger partial charge in [0.15, 0.2) is 0 Å². The van der Waals surface area contributed by atoms with Crippen molar-refractivity contribution in [3.63, 3.8) is 0 Å². The van der Waals surface area contributed by atoms with Gasteiger partial charge < -0.3 is 11.1 Å². The number of benzene rings is 1. The third-order valence-corrected chi connectivity index (χ3v) is 4.92. The number of piperidine rings is 1. The minimum Gasteiger partial charge on any atom is -0.347 e. The van der Waals surface area contributed by atoms with Gasteiger partial charge in [0.25, 0.3) is 5.91 Å². The number of thiazole rings is 1. The average molecular weight is 330 g/mol. The molecule has 0 radical (unpaired) electrons. The van der Waals surface area contributed by atoms with E-state index in [2.05, 4.69) is 39.5 Å². The Labute approximate surface area is 140 Å². The van der Waals surface area contributed by atoms with E-state index in [1.54, 1.807) is 5.38 Å². The molecule has 1 aliphatic heterocycles. The van der Waals surface area contributed by atoms with Crippen LogP contribution in [0, 0.1) is 0 Å². The number of amides is 1. The summed E-state index contributed by atoms with van der Waals surface area (Å²) in [6, 6.07) is 10.6. The van der Waals surface area contributed by atoms with Gasteiger partial charge in [-0.2, -0.15) is 0 Å². The lowest BCUT2D eigenvalue weighted by molar-refractivity contribution is 0.0896. The SMILES string of the molecule is NCc1nc(C(=O)NC2CCCN(Cc3ccccc3)C2)cs1. The van der Waals surface area contributed by atoms with Crippen LogP contribution in [-0.2, 0) is 13.1 Å². The van der Waals surface area contributed by atoms with E-state index >= 15 is 0 Å². The number of rotatable bonds is 5. The Morgan fingerprint density at radius 1 is 1.39 bits per heavy atom. The van der Waals surface area contributed by atoms with E-state index in [4.69, 9.17) is 5.73 Å². The highest BCUT2D eigenvalue weighted by atomic mass is 32.1. The van der Waals surface area contributed by atoms with E-state index < -0.39 is 0 Å². The molecule has 0 aliphatic carbocycles. The number of hydrogen-bond acceptors (Lipinski definition) is 5. The summed E-state index contributed by atoms with van der Waals surface area (Å²) in [5.74, 6) is -0.0903. The van der Waals surface area contributed by atoms with Crippen molar-refractivity contribution in [3.8, 4) is 0 Å². The predicted octanol–water partition coefficient (Wildman–Crippen LogP) is 2.00. The minimum atomic E-state index is -0.0903. The van der Waals surface area contributed by atoms with Crippen molar-refractivity contribution < 1.29 is 4.79 Å². The lowest BCUT2D eigenvalue weighted by Crippen LogP contribution is -2.47. The largest absolute Gasteiger partial charge is 0.347 e. The Balaban J connectivity index is 1.55. The van der Waals surface area contributed by atoms with E-state index in [-0.39, 0.29) is 11.9 Å². The Bertz CT molecular complexity index is 643. The first-order chi connectivity index (χ1) is 11.2. The lowest BCUT2D eigenvalue weighted by Gasteiger charge is -2.33. The van der Waals surface area contributed by atoms with Crippen LogP contribution in [0.5, 0.6) is 0 Å². The normalized spacial score (nSPS) is 18.7. The summed E-state index contributed by atoms with van der Waals surface area (Å²) in [5.41, 5.74) is 7.34. The van der Waals surface area contributed by atoms with Crippen molar-refractivity contribution >= 4 is 17.2 Å². The average Bonchev–Trinajstić information content (AvgIpc) is 3.05. The van der Waals surface area contributed by atoms with E-state index in [9.17, 15) is 4.79 Å². The van der Waals surface area contributed by atoms with Crippen molar-refractivity contribution in [1.82, 2.24) is 15.2 Å². The van der Waals surface area contributed by atoms with Crippen LogP contribution < -0.4 is 11.1 Å². The van der Waals surface area contributed by atoms with Gasteiger partial charge in [0.05, 0.1) is 0 Å². The molecule has 1 aromatic carbocycles. The van der Waals surface area contributed by atoms with Crippen molar-refractivity contribution in [2.75, 3.05) is 13.1 Å². The number of nitrogens with one attached hydrogen (secondary N) is 1. The van der Waals surface area contributed by atoms with E-state index in [0.29, 0.717) is 12.2 Å². The van der Waals surface area contributed by atoms with Gasteiger partial charge >= 0.3 is 0 Å². The highest BCUT2D eigenvalue weighted by molar-refractivity contribution is 7.09. The Hall–Kier alpha value is -1.76. The summed E-state index contributed by atoms with van der Waals surface area (Å²) in [6.07, 6.45) is 2.12. The van der Waals surface area contributed by atoms with Crippen LogP contribution in [0.1, 0.15) is 33.9 Å². The van der Waals surface area contributed by atoms with E-state index in [1.165, 1.54) is 16.9 Å². The van der Waals surface area contributed by atoms with Crippen LogP contribution in [0.3, 0.4) is 0 Å². The van der Waals surface area contributed by atoms with Crippen molar-refractivity contribution in [2.24, 2.45) is 5.73 Å². The maximum Gasteiger partial charge on any atom is 0.271 e. The summed E-state index contributed by atoms with van der Waals surface area (Å²) in [4.78, 5) is 18.9. The summed E-state index contributed by atoms with van der Waals surface area (Å²) < 4.78 is 0. The van der Waals surface area contributed by atoms with Crippen LogP contribution in [0.2, 0.25) is 0 Å². The molecule has 1 saturated heterocycles. The van der Waals surface area contributed by atoms with Gasteiger partial charge in [0.1, 0.15) is 10.7 Å². The van der Waals surface area contributed by atoms with Crippen molar-refractivity contribution in [2.45, 2.75) is 32.0 Å². The Kier molecular flexibility index (Phi) is 5.38. The second-order valence-electron chi connectivity index (χ2n) is 5.86. The van der Waals surface area contributed by atoms with Gasteiger partial charge in [0, 0.05) is 31.1 Å². The molecule has 1 fully saturated rings. The molecule has 23 heavy (non-hydrogen) atoms. The monoisotopic (exact) mass is 330 g/mol. The molecule has 1 unspecified atom stereocenters. The summed E-state index contributed by atoms with van der Waals surface area (Å²) in [7, 11) is 0. The molecule has 0 bridgehead atoms. The van der Waals surface area contributed by atoms with Gasteiger partial charge in [-0.1, -0.05) is 30.3 Å². The molecule has 3 N–H and O–H groups in total. The second-order valence-corrected chi connectivity index (χ2v) is 6.81. The number of nitrogens with zero attached hydrogens (tertiary/aromatic N) is 2. The molecule has 2 aromatic rings. The van der Waals surface area contributed by atoms with Crippen LogP contribution in [0.25, 0.3) is 0 Å². The first kappa shape index (κ1) is 16.1. The van der Waals surface area contributed by atoms with Crippen molar-refractivity contribution in [1.29, 1.82) is 0 Å². The standard InChI is InChI=1S/C17H22N4OS/c18-9-16-20-15(12-23-16)17(22)19-14-7-4-8-21(11-14)10-13-5-2-1-3-6-13/h1-3,5-6,12,14H,4,7-11,18H2,(H,19,22). The molecule has 1 amide bonds. The number of carbonyl (C=O) groups is 1. The van der Waals surface area contributed by atoms with Crippen molar-refractivity contribution in [3.05, 3.63) is 52.0 Å². The lowest BCUT2D eigenvalue weighted by atomic mass is 10.0. The Morgan fingerprint density at radius 3 is 2.96 bits per heavy atom. The van der Waals surface area contributed by atoms with Crippen LogP contribution in [-0.4, -0.2) is 34.9 Å². The predicted molar refractivity (Wildman–Crippen MR) is 92.2 cm³/mol. The maximum absolute atomic E-state index is 12.3. The zero-order valence-electron chi connectivity index (χ0n) is 13.1. The topological polar surface area (TPSA) is 71.2 Å². The maximum atomic E-state index is 12.3. The molecule has 0 spiro atoms. The molecule has 1 aliphatic rings. The quantitative estimate of drug-likeness (QED) is 0.879. The highest BCUT2D eigenvalue weighted by Gasteiger charge is 2.22. The molecule has 122 valence electrons. The zero-order chi connectivity index (χ0) is 16.1. The number of aromatic nitrogens is 1. The molecule has 2 heterocycles. The second kappa shape index (κ2) is 7.68. The van der Waals surface area contributed by atoms with Crippen LogP contribution >= 0.6 is 11.3 Å². The number of carbonyl (C=O) groups excluding carboxylic acids is 1. The third-order valence-electron chi connectivity index (χ3n) is 4.05. The van der Waals surface area contributed by atoms with Gasteiger partial charge in [-0.3, -0.25) is 9.69 Å². The molecule has 0 saturated carbocycles. The minimum absolute atomic E-state index is 0.0903. The molecule has 3 rings (SSSR count). The zero-order valence-corrected chi connectivity index (χ0v) is 13.9. The van der Waals surface area contributed by atoms with Gasteiger partial charge in [-0.25, -0.2) is 4.98 Å². The smallest absolute Gasteiger partial charge is 0.271 e. The fourth-order valence-electron chi connectivity index (χ4n) is 2.93. The summed E-state index contributed by atoms with van der Waals surface area (Å²) >= 11 is 1.43. The van der Waals surface area contributed by atoms with Gasteiger partial charge in [-0.05, 0) is 24.9 Å². The number of likely N-dealkylation sites (tertiary alicyclic amines) is 1. The summed E-state index contributed by atoms with van der Waals surface area (Å²) in [6.45, 7) is 3.28. The molecular formula is C17H22N4OS. The number of nitrogens with two attached hydrogens (primary N) is 1. The number of hydrogen-bond donors (Lipinski definition) is 2. The first-order valence-corrected chi connectivity index (χ1v) is 8.84. The molecule has 1 aromatic heterocycles. The molecule has 5 nitrogen and oxygen atoms in total. The first-order valence-electron chi connectivity index (χ1n) is 7.96. The molecule has 6 heteroatoms. The summed E-state index contributed by atoms with van der Waals surface area (Å²) in [5, 5.41) is 5.69.